The van der Waals surface area contributed by atoms with Crippen LogP contribution in [0, 0.1) is 0 Å². The molecule has 4 nitrogen and oxygen atoms in total. The first kappa shape index (κ1) is 6.54. The first-order valence-electron chi connectivity index (χ1n) is 2.62. The van der Waals surface area contributed by atoms with Crippen molar-refractivity contribution in [2.24, 2.45) is 0 Å². The fraction of sp³-hybridized carbons (Fsp3) is 0. The van der Waals surface area contributed by atoms with Gasteiger partial charge in [0.2, 0.25) is 5.88 Å². The summed E-state index contributed by atoms with van der Waals surface area (Å²) in [5.41, 5.74) is 0. The Labute approximate surface area is 57.8 Å². The van der Waals surface area contributed by atoms with Crippen molar-refractivity contribution >= 4 is 12.4 Å². The Hall–Kier alpha value is -1.58. The molecule has 1 aromatic rings. The Morgan fingerprint density at radius 1 is 1.80 bits per heavy atom. The lowest BCUT2D eigenvalue weighted by Gasteiger charge is -1.99. The van der Waals surface area contributed by atoms with Gasteiger partial charge in [-0.05, 0) is 6.58 Å². The zero-order chi connectivity index (χ0) is 7.40. The van der Waals surface area contributed by atoms with Crippen molar-refractivity contribution in [3.05, 3.63) is 25.3 Å². The SMILES string of the molecule is C=C(OC=O)n1ccnc1. The second-order valence-electron chi connectivity index (χ2n) is 1.58. The normalized spacial score (nSPS) is 8.80. The van der Waals surface area contributed by atoms with Crippen LogP contribution in [0.3, 0.4) is 0 Å². The Balaban J connectivity index is 2.68. The number of carbonyl (C=O) groups is 1. The zero-order valence-electron chi connectivity index (χ0n) is 5.23. The molecule has 0 amide bonds. The minimum Gasteiger partial charge on any atom is -0.412 e. The molecule has 0 saturated heterocycles. The minimum atomic E-state index is 0.243. The zero-order valence-corrected chi connectivity index (χ0v) is 5.23. The first-order chi connectivity index (χ1) is 4.84. The third kappa shape index (κ3) is 1.22. The summed E-state index contributed by atoms with van der Waals surface area (Å²) in [7, 11) is 0. The van der Waals surface area contributed by atoms with Crippen LogP contribution in [0.25, 0.3) is 5.88 Å². The quantitative estimate of drug-likeness (QED) is 0.451. The summed E-state index contributed by atoms with van der Waals surface area (Å²) >= 11 is 0. The Kier molecular flexibility index (Phi) is 1.84. The van der Waals surface area contributed by atoms with E-state index in [1.807, 2.05) is 0 Å². The van der Waals surface area contributed by atoms with E-state index in [9.17, 15) is 4.79 Å². The van der Waals surface area contributed by atoms with Crippen LogP contribution in [0.5, 0.6) is 0 Å². The third-order valence-electron chi connectivity index (χ3n) is 0.977. The number of aromatic nitrogens is 2. The van der Waals surface area contributed by atoms with Crippen LogP contribution >= 0.6 is 0 Å². The largest absolute Gasteiger partial charge is 0.412 e. The highest BCUT2D eigenvalue weighted by atomic mass is 16.5. The van der Waals surface area contributed by atoms with Crippen LogP contribution in [-0.4, -0.2) is 16.0 Å². The highest BCUT2D eigenvalue weighted by Gasteiger charge is 1.93. The summed E-state index contributed by atoms with van der Waals surface area (Å²) in [5, 5.41) is 0. The van der Waals surface area contributed by atoms with E-state index in [-0.39, 0.29) is 5.88 Å². The van der Waals surface area contributed by atoms with Crippen molar-refractivity contribution in [3.63, 3.8) is 0 Å². The van der Waals surface area contributed by atoms with E-state index in [0.717, 1.165) is 0 Å². The fourth-order valence-corrected chi connectivity index (χ4v) is 0.523. The van der Waals surface area contributed by atoms with Gasteiger partial charge in [-0.25, -0.2) is 4.98 Å². The van der Waals surface area contributed by atoms with Gasteiger partial charge < -0.3 is 4.74 Å². The van der Waals surface area contributed by atoms with Gasteiger partial charge in [-0.15, -0.1) is 0 Å². The number of hydrogen-bond acceptors (Lipinski definition) is 3. The molecule has 0 bridgehead atoms. The maximum absolute atomic E-state index is 9.79. The van der Waals surface area contributed by atoms with Gasteiger partial charge in [0.1, 0.15) is 6.33 Å². The molecule has 0 saturated carbocycles. The second kappa shape index (κ2) is 2.82. The van der Waals surface area contributed by atoms with Gasteiger partial charge >= 0.3 is 0 Å². The van der Waals surface area contributed by atoms with E-state index in [1.54, 1.807) is 12.4 Å². The maximum atomic E-state index is 9.79. The van der Waals surface area contributed by atoms with Crippen LogP contribution in [-0.2, 0) is 9.53 Å². The van der Waals surface area contributed by atoms with E-state index in [0.29, 0.717) is 6.47 Å². The number of nitrogens with zero attached hydrogens (tertiary/aromatic N) is 2. The highest BCUT2D eigenvalue weighted by Crippen LogP contribution is 1.98. The summed E-state index contributed by atoms with van der Waals surface area (Å²) in [5.74, 6) is 0.243. The van der Waals surface area contributed by atoms with E-state index in [4.69, 9.17) is 0 Å². The number of hydrogen-bond donors (Lipinski definition) is 0. The maximum Gasteiger partial charge on any atom is 0.299 e. The number of rotatable bonds is 3. The molecular weight excluding hydrogens is 132 g/mol. The van der Waals surface area contributed by atoms with Crippen molar-refractivity contribution in [1.29, 1.82) is 0 Å². The minimum absolute atomic E-state index is 0.243. The molecule has 0 aliphatic carbocycles. The smallest absolute Gasteiger partial charge is 0.299 e. The molecule has 10 heavy (non-hydrogen) atoms. The molecule has 0 atom stereocenters. The van der Waals surface area contributed by atoms with Crippen molar-refractivity contribution < 1.29 is 9.53 Å². The van der Waals surface area contributed by atoms with Gasteiger partial charge in [-0.2, -0.15) is 0 Å². The molecule has 4 heteroatoms. The second-order valence-corrected chi connectivity index (χ2v) is 1.58. The molecular formula is C6H6N2O2. The van der Waals surface area contributed by atoms with Crippen molar-refractivity contribution in [2.75, 3.05) is 0 Å². The van der Waals surface area contributed by atoms with Crippen LogP contribution in [0.2, 0.25) is 0 Å². The van der Waals surface area contributed by atoms with Crippen molar-refractivity contribution in [3.8, 4) is 0 Å². The molecule has 0 fully saturated rings. The number of ether oxygens (including phenoxy) is 1. The molecule has 52 valence electrons. The predicted octanol–water partition coefficient (Wildman–Crippen LogP) is 0.484. The molecule has 1 heterocycles. The topological polar surface area (TPSA) is 44.1 Å². The molecule has 0 N–H and O–H groups in total. The van der Waals surface area contributed by atoms with E-state index >= 15 is 0 Å². The Bertz CT molecular complexity index is 228. The van der Waals surface area contributed by atoms with Crippen LogP contribution in [0.1, 0.15) is 0 Å². The van der Waals surface area contributed by atoms with E-state index < -0.39 is 0 Å². The van der Waals surface area contributed by atoms with Crippen LogP contribution < -0.4 is 0 Å². The molecule has 0 radical (unpaired) electrons. The highest BCUT2D eigenvalue weighted by molar-refractivity contribution is 5.49. The molecule has 0 unspecified atom stereocenters. The van der Waals surface area contributed by atoms with Gasteiger partial charge in [0, 0.05) is 12.4 Å². The van der Waals surface area contributed by atoms with Gasteiger partial charge in [-0.3, -0.25) is 9.36 Å². The first-order valence-corrected chi connectivity index (χ1v) is 2.62. The average Bonchev–Trinajstić information content (AvgIpc) is 2.38. The standard InChI is InChI=1S/C6H6N2O2/c1-6(10-5-9)8-3-2-7-4-8/h2-5H,1H2. The number of imidazole rings is 1. The van der Waals surface area contributed by atoms with Gasteiger partial charge in [0.05, 0.1) is 0 Å². The summed E-state index contributed by atoms with van der Waals surface area (Å²) < 4.78 is 5.93. The molecule has 0 aliphatic heterocycles. The van der Waals surface area contributed by atoms with Crippen LogP contribution in [0.15, 0.2) is 25.3 Å². The molecule has 1 rings (SSSR count). The Morgan fingerprint density at radius 2 is 2.60 bits per heavy atom. The average molecular weight is 138 g/mol. The summed E-state index contributed by atoms with van der Waals surface area (Å²) in [4.78, 5) is 13.5. The van der Waals surface area contributed by atoms with E-state index in [1.165, 1.54) is 10.9 Å². The monoisotopic (exact) mass is 138 g/mol. The van der Waals surface area contributed by atoms with Gasteiger partial charge in [-0.1, -0.05) is 0 Å². The molecule has 0 aliphatic rings. The lowest BCUT2D eigenvalue weighted by atomic mass is 10.8. The van der Waals surface area contributed by atoms with Crippen molar-refractivity contribution in [1.82, 2.24) is 9.55 Å². The lowest BCUT2D eigenvalue weighted by molar-refractivity contribution is -0.123. The van der Waals surface area contributed by atoms with Crippen molar-refractivity contribution in [2.45, 2.75) is 0 Å². The summed E-state index contributed by atoms with van der Waals surface area (Å²) in [6, 6.07) is 0. The summed E-state index contributed by atoms with van der Waals surface area (Å²) in [6.07, 6.45) is 4.69. The third-order valence-corrected chi connectivity index (χ3v) is 0.977. The lowest BCUT2D eigenvalue weighted by Crippen LogP contribution is -1.95. The molecule has 0 aromatic carbocycles. The molecule has 0 spiro atoms. The fourth-order valence-electron chi connectivity index (χ4n) is 0.523. The predicted molar refractivity (Wildman–Crippen MR) is 34.7 cm³/mol. The molecule has 1 aromatic heterocycles. The van der Waals surface area contributed by atoms with Crippen LogP contribution in [0.4, 0.5) is 0 Å². The Morgan fingerprint density at radius 3 is 3.10 bits per heavy atom. The van der Waals surface area contributed by atoms with Gasteiger partial charge in [0.15, 0.2) is 0 Å². The summed E-state index contributed by atoms with van der Waals surface area (Å²) in [6.45, 7) is 3.78. The number of carbonyl (C=O) groups excluding carboxylic acids is 1. The van der Waals surface area contributed by atoms with Gasteiger partial charge in [0.25, 0.3) is 6.47 Å². The van der Waals surface area contributed by atoms with E-state index in [2.05, 4.69) is 16.3 Å².